The van der Waals surface area contributed by atoms with E-state index in [4.69, 9.17) is 10.5 Å². The minimum absolute atomic E-state index is 0.317. The quantitative estimate of drug-likeness (QED) is 0.656. The molecule has 106 valence electrons. The number of para-hydroxylation sites is 1. The first-order valence-corrected chi connectivity index (χ1v) is 6.61. The molecule has 0 saturated heterocycles. The van der Waals surface area contributed by atoms with Crippen molar-refractivity contribution < 1.29 is 9.53 Å². The Labute approximate surface area is 115 Å². The molecule has 1 aromatic carbocycles. The second-order valence-corrected chi connectivity index (χ2v) is 5.37. The lowest BCUT2D eigenvalue weighted by Crippen LogP contribution is -2.35. The number of ether oxygens (including phenoxy) is 1. The molecule has 1 aromatic rings. The Kier molecular flexibility index (Phi) is 5.21. The molecular formula is C15H24N2O2. The molecule has 0 radical (unpaired) electrons. The molecular weight excluding hydrogens is 240 g/mol. The number of hydrogen-bond donors (Lipinski definition) is 1. The number of anilines is 2. The van der Waals surface area contributed by atoms with Gasteiger partial charge in [0, 0.05) is 12.6 Å². The number of hydrogen-bond acceptors (Lipinski definition) is 4. The summed E-state index contributed by atoms with van der Waals surface area (Å²) in [5.41, 5.74) is 7.94. The minimum Gasteiger partial charge on any atom is -0.465 e. The highest BCUT2D eigenvalue weighted by atomic mass is 16.5. The van der Waals surface area contributed by atoms with Crippen LogP contribution in [0.3, 0.4) is 0 Å². The van der Waals surface area contributed by atoms with Crippen molar-refractivity contribution in [2.45, 2.75) is 33.7 Å². The van der Waals surface area contributed by atoms with Gasteiger partial charge in [-0.3, -0.25) is 0 Å². The summed E-state index contributed by atoms with van der Waals surface area (Å²) in [6, 6.07) is 5.80. The van der Waals surface area contributed by atoms with E-state index in [2.05, 4.69) is 32.6 Å². The van der Waals surface area contributed by atoms with E-state index in [1.54, 1.807) is 6.07 Å². The maximum Gasteiger partial charge on any atom is 0.340 e. The molecule has 0 amide bonds. The molecule has 0 bridgehead atoms. The Balaban J connectivity index is 3.20. The lowest BCUT2D eigenvalue weighted by Gasteiger charge is -2.32. The van der Waals surface area contributed by atoms with Gasteiger partial charge in [0.05, 0.1) is 24.0 Å². The number of esters is 1. The third-order valence-corrected chi connectivity index (χ3v) is 2.98. The molecule has 0 aliphatic rings. The van der Waals surface area contributed by atoms with E-state index in [-0.39, 0.29) is 0 Å². The Morgan fingerprint density at radius 1 is 1.32 bits per heavy atom. The summed E-state index contributed by atoms with van der Waals surface area (Å²) in [5, 5.41) is 0. The maximum atomic E-state index is 11.7. The zero-order valence-electron chi connectivity index (χ0n) is 12.4. The van der Waals surface area contributed by atoms with Crippen molar-refractivity contribution >= 4 is 17.3 Å². The number of carbonyl (C=O) groups is 1. The van der Waals surface area contributed by atoms with E-state index in [0.717, 1.165) is 12.2 Å². The first kappa shape index (κ1) is 15.3. The molecule has 0 unspecified atom stereocenters. The summed E-state index contributed by atoms with van der Waals surface area (Å²) >= 11 is 0. The summed E-state index contributed by atoms with van der Waals surface area (Å²) in [6.07, 6.45) is 0. The number of rotatable bonds is 5. The summed E-state index contributed by atoms with van der Waals surface area (Å²) in [4.78, 5) is 13.9. The van der Waals surface area contributed by atoms with Gasteiger partial charge in [0.2, 0.25) is 0 Å². The van der Waals surface area contributed by atoms with Crippen LogP contribution in [0.5, 0.6) is 0 Å². The first-order chi connectivity index (χ1) is 8.88. The molecule has 0 aliphatic heterocycles. The third-order valence-electron chi connectivity index (χ3n) is 2.98. The third kappa shape index (κ3) is 3.63. The van der Waals surface area contributed by atoms with Crippen LogP contribution in [-0.2, 0) is 4.74 Å². The van der Waals surface area contributed by atoms with Crippen molar-refractivity contribution in [3.05, 3.63) is 23.8 Å². The number of nitrogens with two attached hydrogens (primary N) is 1. The van der Waals surface area contributed by atoms with Crippen molar-refractivity contribution in [3.8, 4) is 0 Å². The SMILES string of the molecule is COC(=O)c1cccc(N(CC(C)C)C(C)C)c1N. The van der Waals surface area contributed by atoms with Crippen molar-refractivity contribution in [1.29, 1.82) is 0 Å². The van der Waals surface area contributed by atoms with Crippen molar-refractivity contribution in [1.82, 2.24) is 0 Å². The van der Waals surface area contributed by atoms with E-state index < -0.39 is 5.97 Å². The zero-order chi connectivity index (χ0) is 14.6. The van der Waals surface area contributed by atoms with E-state index in [0.29, 0.717) is 23.2 Å². The predicted molar refractivity (Wildman–Crippen MR) is 79.5 cm³/mol. The number of carbonyl (C=O) groups excluding carboxylic acids is 1. The van der Waals surface area contributed by atoms with E-state index in [9.17, 15) is 4.79 Å². The van der Waals surface area contributed by atoms with Crippen LogP contribution in [0.1, 0.15) is 38.1 Å². The highest BCUT2D eigenvalue weighted by Gasteiger charge is 2.19. The second-order valence-electron chi connectivity index (χ2n) is 5.37. The summed E-state index contributed by atoms with van der Waals surface area (Å²) in [7, 11) is 1.36. The maximum absolute atomic E-state index is 11.7. The number of nitrogens with zero attached hydrogens (tertiary/aromatic N) is 1. The van der Waals surface area contributed by atoms with Gasteiger partial charge in [-0.15, -0.1) is 0 Å². The van der Waals surface area contributed by atoms with Crippen molar-refractivity contribution in [2.24, 2.45) is 5.92 Å². The summed E-state index contributed by atoms with van der Waals surface area (Å²) < 4.78 is 4.76. The van der Waals surface area contributed by atoms with Crippen LogP contribution in [0.25, 0.3) is 0 Å². The lowest BCUT2D eigenvalue weighted by molar-refractivity contribution is 0.0602. The fraction of sp³-hybridized carbons (Fsp3) is 0.533. The molecule has 19 heavy (non-hydrogen) atoms. The molecule has 2 N–H and O–H groups in total. The molecule has 4 heteroatoms. The fourth-order valence-corrected chi connectivity index (χ4v) is 2.07. The van der Waals surface area contributed by atoms with Gasteiger partial charge >= 0.3 is 5.97 Å². The smallest absolute Gasteiger partial charge is 0.340 e. The van der Waals surface area contributed by atoms with Crippen LogP contribution in [-0.4, -0.2) is 25.7 Å². The monoisotopic (exact) mass is 264 g/mol. The molecule has 0 aliphatic carbocycles. The molecule has 0 spiro atoms. The molecule has 4 nitrogen and oxygen atoms in total. The van der Waals surface area contributed by atoms with Crippen LogP contribution < -0.4 is 10.6 Å². The van der Waals surface area contributed by atoms with E-state index >= 15 is 0 Å². The average Bonchev–Trinajstić information content (AvgIpc) is 2.35. The second kappa shape index (κ2) is 6.45. The molecule has 0 heterocycles. The van der Waals surface area contributed by atoms with E-state index in [1.165, 1.54) is 7.11 Å². The Morgan fingerprint density at radius 3 is 2.42 bits per heavy atom. The van der Waals surface area contributed by atoms with E-state index in [1.807, 2.05) is 12.1 Å². The van der Waals surface area contributed by atoms with Crippen LogP contribution in [0.4, 0.5) is 11.4 Å². The highest BCUT2D eigenvalue weighted by Crippen LogP contribution is 2.29. The summed E-state index contributed by atoms with van der Waals surface area (Å²) in [5.74, 6) is 0.121. The molecule has 0 aromatic heterocycles. The minimum atomic E-state index is -0.396. The fourth-order valence-electron chi connectivity index (χ4n) is 2.07. The zero-order valence-corrected chi connectivity index (χ0v) is 12.4. The van der Waals surface area contributed by atoms with Crippen LogP contribution in [0.2, 0.25) is 0 Å². The Bertz CT molecular complexity index is 442. The van der Waals surface area contributed by atoms with Crippen LogP contribution in [0, 0.1) is 5.92 Å². The normalized spacial score (nSPS) is 10.9. The van der Waals surface area contributed by atoms with Gasteiger partial charge in [0.25, 0.3) is 0 Å². The van der Waals surface area contributed by atoms with Gasteiger partial charge in [0.1, 0.15) is 0 Å². The standard InChI is InChI=1S/C15H24N2O2/c1-10(2)9-17(11(3)4)13-8-6-7-12(14(13)16)15(18)19-5/h6-8,10-11H,9,16H2,1-5H3. The lowest BCUT2D eigenvalue weighted by atomic mass is 10.1. The van der Waals surface area contributed by atoms with Gasteiger partial charge in [-0.2, -0.15) is 0 Å². The topological polar surface area (TPSA) is 55.6 Å². The predicted octanol–water partition coefficient (Wildman–Crippen LogP) is 2.93. The first-order valence-electron chi connectivity index (χ1n) is 6.61. The molecule has 0 fully saturated rings. The van der Waals surface area contributed by atoms with Crippen LogP contribution >= 0.6 is 0 Å². The molecule has 0 saturated carbocycles. The molecule has 0 atom stereocenters. The largest absolute Gasteiger partial charge is 0.465 e. The van der Waals surface area contributed by atoms with Gasteiger partial charge in [-0.1, -0.05) is 19.9 Å². The van der Waals surface area contributed by atoms with Gasteiger partial charge < -0.3 is 15.4 Å². The van der Waals surface area contributed by atoms with Crippen LogP contribution in [0.15, 0.2) is 18.2 Å². The van der Waals surface area contributed by atoms with Gasteiger partial charge in [-0.05, 0) is 31.9 Å². The Morgan fingerprint density at radius 2 is 1.95 bits per heavy atom. The van der Waals surface area contributed by atoms with Crippen molar-refractivity contribution in [3.63, 3.8) is 0 Å². The molecule has 1 rings (SSSR count). The Hall–Kier alpha value is -1.71. The van der Waals surface area contributed by atoms with Gasteiger partial charge in [0.15, 0.2) is 0 Å². The average molecular weight is 264 g/mol. The number of methoxy groups -OCH3 is 1. The number of nitrogen functional groups attached to an aromatic ring is 1. The number of benzene rings is 1. The summed E-state index contributed by atoms with van der Waals surface area (Å²) in [6.45, 7) is 9.46. The highest BCUT2D eigenvalue weighted by molar-refractivity contribution is 5.98. The van der Waals surface area contributed by atoms with Gasteiger partial charge in [-0.25, -0.2) is 4.79 Å². The van der Waals surface area contributed by atoms with Crippen molar-refractivity contribution in [2.75, 3.05) is 24.3 Å².